The molecule has 2 aromatic carbocycles. The van der Waals surface area contributed by atoms with E-state index < -0.39 is 50.8 Å². The SMILES string of the molecule is CC(=O)c1cn(CC(=O)N2CCC[C@H]2C(=O)NCc2cccc(Cl)c2F)c2ccc(OS(=O)(=O)C(F)(F)F)cc12. The number of likely N-dealkylation sites (tertiary alicyclic amines) is 1. The molecule has 9 nitrogen and oxygen atoms in total. The Bertz CT molecular complexity index is 1610. The second kappa shape index (κ2) is 11.1. The number of carbonyl (C=O) groups excluding carboxylic acids is 3. The number of benzene rings is 2. The summed E-state index contributed by atoms with van der Waals surface area (Å²) >= 11 is 5.77. The Kier molecular flexibility index (Phi) is 8.13. The number of alkyl halides is 3. The molecular formula is C25H22ClF4N3O6S. The molecule has 15 heteroatoms. The van der Waals surface area contributed by atoms with E-state index in [9.17, 15) is 40.4 Å². The van der Waals surface area contributed by atoms with Crippen molar-refractivity contribution in [3.05, 3.63) is 64.6 Å². The van der Waals surface area contributed by atoms with Crippen molar-refractivity contribution >= 4 is 50.2 Å². The van der Waals surface area contributed by atoms with Crippen molar-refractivity contribution in [2.24, 2.45) is 0 Å². The van der Waals surface area contributed by atoms with Crippen molar-refractivity contribution in [3.8, 4) is 5.75 Å². The Morgan fingerprint density at radius 2 is 1.90 bits per heavy atom. The van der Waals surface area contributed by atoms with E-state index in [1.54, 1.807) is 6.07 Å². The number of ketones is 1. The average molecular weight is 604 g/mol. The van der Waals surface area contributed by atoms with Crippen LogP contribution in [0.1, 0.15) is 35.7 Å². The predicted octanol–water partition coefficient (Wildman–Crippen LogP) is 4.17. The quantitative estimate of drug-likeness (QED) is 0.179. The van der Waals surface area contributed by atoms with Crippen molar-refractivity contribution in [2.45, 2.75) is 44.4 Å². The smallest absolute Gasteiger partial charge is 0.376 e. The third kappa shape index (κ3) is 5.92. The van der Waals surface area contributed by atoms with Crippen molar-refractivity contribution in [1.29, 1.82) is 0 Å². The first-order valence-corrected chi connectivity index (χ1v) is 13.6. The van der Waals surface area contributed by atoms with Gasteiger partial charge in [-0.1, -0.05) is 23.7 Å². The zero-order valence-electron chi connectivity index (χ0n) is 20.8. The summed E-state index contributed by atoms with van der Waals surface area (Å²) in [5.41, 5.74) is -5.19. The fraction of sp³-hybridized carbons (Fsp3) is 0.320. The number of nitrogens with zero attached hydrogens (tertiary/aromatic N) is 2. The summed E-state index contributed by atoms with van der Waals surface area (Å²) in [4.78, 5) is 39.6. The number of hydrogen-bond donors (Lipinski definition) is 1. The van der Waals surface area contributed by atoms with E-state index in [-0.39, 0.29) is 46.7 Å². The Labute approximate surface area is 230 Å². The molecule has 40 heavy (non-hydrogen) atoms. The molecule has 4 rings (SSSR count). The Balaban J connectivity index is 1.53. The molecule has 0 unspecified atom stereocenters. The minimum Gasteiger partial charge on any atom is -0.376 e. The highest BCUT2D eigenvalue weighted by molar-refractivity contribution is 7.88. The maximum absolute atomic E-state index is 14.2. The van der Waals surface area contributed by atoms with Gasteiger partial charge in [-0.15, -0.1) is 0 Å². The Morgan fingerprint density at radius 1 is 1.18 bits per heavy atom. The van der Waals surface area contributed by atoms with Gasteiger partial charge in [0.05, 0.1) is 5.02 Å². The van der Waals surface area contributed by atoms with E-state index in [1.165, 1.54) is 40.8 Å². The number of Topliss-reactive ketones (excluding diaryl/α,β-unsaturated/α-hetero) is 1. The van der Waals surface area contributed by atoms with Gasteiger partial charge in [0, 0.05) is 41.3 Å². The van der Waals surface area contributed by atoms with Crippen LogP contribution in [-0.4, -0.2) is 53.6 Å². The largest absolute Gasteiger partial charge is 0.534 e. The summed E-state index contributed by atoms with van der Waals surface area (Å²) in [7, 11) is -5.94. The number of hydrogen-bond acceptors (Lipinski definition) is 6. The van der Waals surface area contributed by atoms with Gasteiger partial charge in [-0.3, -0.25) is 14.4 Å². The molecular weight excluding hydrogens is 582 g/mol. The fourth-order valence-electron chi connectivity index (χ4n) is 4.47. The van der Waals surface area contributed by atoms with Crippen LogP contribution in [-0.2, 0) is 32.8 Å². The van der Waals surface area contributed by atoms with Crippen LogP contribution in [0.4, 0.5) is 17.6 Å². The molecule has 1 aromatic heterocycles. The molecule has 1 N–H and O–H groups in total. The lowest BCUT2D eigenvalue weighted by molar-refractivity contribution is -0.138. The first-order valence-electron chi connectivity index (χ1n) is 11.8. The number of amides is 2. The number of nitrogens with one attached hydrogen (secondary N) is 1. The van der Waals surface area contributed by atoms with Gasteiger partial charge in [0.2, 0.25) is 11.8 Å². The van der Waals surface area contributed by atoms with Gasteiger partial charge in [0.15, 0.2) is 5.78 Å². The number of carbonyl (C=O) groups is 3. The highest BCUT2D eigenvalue weighted by Gasteiger charge is 2.48. The third-order valence-electron chi connectivity index (χ3n) is 6.39. The van der Waals surface area contributed by atoms with Crippen LogP contribution in [0.5, 0.6) is 5.75 Å². The van der Waals surface area contributed by atoms with Gasteiger partial charge in [-0.25, -0.2) is 4.39 Å². The van der Waals surface area contributed by atoms with E-state index in [1.807, 2.05) is 0 Å². The highest BCUT2D eigenvalue weighted by Crippen LogP contribution is 2.31. The standard InChI is InChI=1S/C25H22ClF4N3O6S/c1-14(34)18-12-32(20-8-7-16(10-17(18)20)39-40(37,38)25(28,29)30)13-22(35)33-9-3-6-21(33)24(36)31-11-15-4-2-5-19(26)23(15)27/h2,4-5,7-8,10,12,21H,3,6,9,11,13H2,1H3,(H,31,36)/t21-/m0/s1. The number of rotatable bonds is 8. The molecule has 2 amide bonds. The maximum atomic E-state index is 14.2. The first kappa shape index (κ1) is 29.3. The molecule has 0 saturated carbocycles. The van der Waals surface area contributed by atoms with E-state index in [0.29, 0.717) is 12.8 Å². The zero-order chi connectivity index (χ0) is 29.4. The number of halogens is 5. The molecule has 0 spiro atoms. The summed E-state index contributed by atoms with van der Waals surface area (Å²) in [6, 6.07) is 6.73. The summed E-state index contributed by atoms with van der Waals surface area (Å²) in [5.74, 6) is -2.77. The normalized spacial score (nSPS) is 15.8. The second-order valence-electron chi connectivity index (χ2n) is 9.06. The Hall–Kier alpha value is -3.65. The number of aromatic nitrogens is 1. The third-order valence-corrected chi connectivity index (χ3v) is 7.66. The summed E-state index contributed by atoms with van der Waals surface area (Å²) in [6.45, 7) is 1.01. The van der Waals surface area contributed by atoms with Gasteiger partial charge in [-0.2, -0.15) is 21.6 Å². The van der Waals surface area contributed by atoms with E-state index in [4.69, 9.17) is 11.6 Å². The Morgan fingerprint density at radius 3 is 2.58 bits per heavy atom. The average Bonchev–Trinajstić information content (AvgIpc) is 3.49. The lowest BCUT2D eigenvalue weighted by Gasteiger charge is -2.24. The summed E-state index contributed by atoms with van der Waals surface area (Å²) < 4.78 is 80.7. The monoisotopic (exact) mass is 603 g/mol. The van der Waals surface area contributed by atoms with E-state index in [0.717, 1.165) is 12.1 Å². The molecule has 0 bridgehead atoms. The molecule has 0 aliphatic carbocycles. The lowest BCUT2D eigenvalue weighted by atomic mass is 10.1. The highest BCUT2D eigenvalue weighted by atomic mass is 35.5. The van der Waals surface area contributed by atoms with Crippen LogP contribution < -0.4 is 9.50 Å². The van der Waals surface area contributed by atoms with Crippen LogP contribution in [0.25, 0.3) is 10.9 Å². The van der Waals surface area contributed by atoms with Gasteiger partial charge >= 0.3 is 15.6 Å². The van der Waals surface area contributed by atoms with Crippen LogP contribution in [0, 0.1) is 5.82 Å². The van der Waals surface area contributed by atoms with E-state index in [2.05, 4.69) is 9.50 Å². The van der Waals surface area contributed by atoms with E-state index >= 15 is 0 Å². The maximum Gasteiger partial charge on any atom is 0.534 e. The van der Waals surface area contributed by atoms with Crippen molar-refractivity contribution in [3.63, 3.8) is 0 Å². The zero-order valence-corrected chi connectivity index (χ0v) is 22.4. The molecule has 1 aliphatic heterocycles. The topological polar surface area (TPSA) is 115 Å². The molecule has 214 valence electrons. The van der Waals surface area contributed by atoms with Gasteiger partial charge < -0.3 is 19.0 Å². The van der Waals surface area contributed by atoms with Crippen LogP contribution in [0.2, 0.25) is 5.02 Å². The van der Waals surface area contributed by atoms with Crippen LogP contribution in [0.15, 0.2) is 42.6 Å². The molecule has 1 fully saturated rings. The number of fused-ring (bicyclic) bond motifs is 1. The second-order valence-corrected chi connectivity index (χ2v) is 11.0. The van der Waals surface area contributed by atoms with Gasteiger partial charge in [0.1, 0.15) is 24.2 Å². The lowest BCUT2D eigenvalue weighted by Crippen LogP contribution is -2.46. The fourth-order valence-corrected chi connectivity index (χ4v) is 5.12. The molecule has 1 saturated heterocycles. The molecule has 3 aromatic rings. The molecule has 2 heterocycles. The first-order chi connectivity index (χ1) is 18.7. The minimum absolute atomic E-state index is 0.0249. The summed E-state index contributed by atoms with van der Waals surface area (Å²) in [5, 5.41) is 2.60. The van der Waals surface area contributed by atoms with Crippen LogP contribution in [0.3, 0.4) is 0 Å². The van der Waals surface area contributed by atoms with Crippen molar-refractivity contribution < 1.29 is 44.5 Å². The molecule has 0 radical (unpaired) electrons. The van der Waals surface area contributed by atoms with Crippen molar-refractivity contribution in [2.75, 3.05) is 6.54 Å². The van der Waals surface area contributed by atoms with Gasteiger partial charge in [-0.05, 0) is 44.0 Å². The van der Waals surface area contributed by atoms with Crippen LogP contribution >= 0.6 is 11.6 Å². The molecule has 1 atom stereocenters. The predicted molar refractivity (Wildman–Crippen MR) is 136 cm³/mol. The summed E-state index contributed by atoms with van der Waals surface area (Å²) in [6.07, 6.45) is 2.23. The van der Waals surface area contributed by atoms with Crippen molar-refractivity contribution in [1.82, 2.24) is 14.8 Å². The minimum atomic E-state index is -5.94. The van der Waals surface area contributed by atoms with Gasteiger partial charge in [0.25, 0.3) is 0 Å². The molecule has 1 aliphatic rings.